The lowest BCUT2D eigenvalue weighted by Gasteiger charge is -2.34. The summed E-state index contributed by atoms with van der Waals surface area (Å²) in [4.78, 5) is 38.6. The van der Waals surface area contributed by atoms with Crippen LogP contribution in [0, 0.1) is 0 Å². The third-order valence-corrected chi connectivity index (χ3v) is 3.73. The quantitative estimate of drug-likeness (QED) is 0.757. The van der Waals surface area contributed by atoms with Crippen LogP contribution in [-0.2, 0) is 14.3 Å². The first-order chi connectivity index (χ1) is 11.0. The van der Waals surface area contributed by atoms with E-state index in [2.05, 4.69) is 0 Å². The van der Waals surface area contributed by atoms with Crippen molar-refractivity contribution >= 4 is 17.8 Å². The van der Waals surface area contributed by atoms with Crippen molar-refractivity contribution in [3.63, 3.8) is 0 Å². The number of nitrogens with zero attached hydrogens (tertiary/aromatic N) is 2. The number of ether oxygens (including phenoxy) is 2. The van der Waals surface area contributed by atoms with Gasteiger partial charge in [-0.05, 0) is 12.1 Å². The van der Waals surface area contributed by atoms with E-state index in [1.54, 1.807) is 34.1 Å². The van der Waals surface area contributed by atoms with Crippen LogP contribution >= 0.6 is 0 Å². The standard InChI is InChI=1S/C16H20N2O5/c1-12(19)17-7-9-18(10-8-17)15(20)11-23-16(21)13-5-3-4-6-14(13)22-2/h3-6H,7-11H2,1-2H3. The van der Waals surface area contributed by atoms with Crippen molar-refractivity contribution in [1.29, 1.82) is 0 Å². The number of carbonyl (C=O) groups is 3. The van der Waals surface area contributed by atoms with Crippen LogP contribution in [0.25, 0.3) is 0 Å². The number of rotatable bonds is 4. The van der Waals surface area contributed by atoms with Crippen molar-refractivity contribution in [2.45, 2.75) is 6.92 Å². The van der Waals surface area contributed by atoms with Crippen LogP contribution in [0.2, 0.25) is 0 Å². The molecule has 1 aromatic carbocycles. The molecule has 0 radical (unpaired) electrons. The molecule has 1 heterocycles. The summed E-state index contributed by atoms with van der Waals surface area (Å²) in [6, 6.07) is 6.67. The summed E-state index contributed by atoms with van der Waals surface area (Å²) < 4.78 is 10.2. The molecule has 0 saturated carbocycles. The van der Waals surface area contributed by atoms with Gasteiger partial charge in [0.1, 0.15) is 11.3 Å². The van der Waals surface area contributed by atoms with E-state index in [0.717, 1.165) is 0 Å². The Labute approximate surface area is 134 Å². The number of amides is 2. The van der Waals surface area contributed by atoms with E-state index in [9.17, 15) is 14.4 Å². The molecule has 2 amide bonds. The number of hydrogen-bond acceptors (Lipinski definition) is 5. The van der Waals surface area contributed by atoms with E-state index in [0.29, 0.717) is 31.9 Å². The average molecular weight is 320 g/mol. The monoisotopic (exact) mass is 320 g/mol. The second kappa shape index (κ2) is 7.62. The number of para-hydroxylation sites is 1. The molecule has 23 heavy (non-hydrogen) atoms. The van der Waals surface area contributed by atoms with Crippen LogP contribution in [-0.4, -0.2) is 67.5 Å². The zero-order valence-corrected chi connectivity index (χ0v) is 13.3. The highest BCUT2D eigenvalue weighted by atomic mass is 16.5. The average Bonchev–Trinajstić information content (AvgIpc) is 2.59. The minimum Gasteiger partial charge on any atom is -0.496 e. The molecule has 124 valence electrons. The van der Waals surface area contributed by atoms with Gasteiger partial charge in [-0.15, -0.1) is 0 Å². The molecule has 0 bridgehead atoms. The largest absolute Gasteiger partial charge is 0.496 e. The van der Waals surface area contributed by atoms with E-state index in [1.807, 2.05) is 0 Å². The highest BCUT2D eigenvalue weighted by Gasteiger charge is 2.23. The van der Waals surface area contributed by atoms with Gasteiger partial charge in [-0.1, -0.05) is 12.1 Å². The third kappa shape index (κ3) is 4.21. The SMILES string of the molecule is COc1ccccc1C(=O)OCC(=O)N1CCN(C(C)=O)CC1. The normalized spacial score (nSPS) is 14.3. The Kier molecular flexibility index (Phi) is 5.56. The molecule has 1 fully saturated rings. The van der Waals surface area contributed by atoms with Crippen LogP contribution < -0.4 is 4.74 Å². The lowest BCUT2D eigenvalue weighted by atomic mass is 10.2. The zero-order valence-electron chi connectivity index (χ0n) is 13.3. The van der Waals surface area contributed by atoms with E-state index in [-0.39, 0.29) is 24.0 Å². The predicted molar refractivity (Wildman–Crippen MR) is 82.1 cm³/mol. The minimum atomic E-state index is -0.599. The van der Waals surface area contributed by atoms with E-state index in [4.69, 9.17) is 9.47 Å². The van der Waals surface area contributed by atoms with E-state index >= 15 is 0 Å². The summed E-state index contributed by atoms with van der Waals surface area (Å²) in [6.45, 7) is 3.09. The fourth-order valence-electron chi connectivity index (χ4n) is 2.38. The van der Waals surface area contributed by atoms with Gasteiger partial charge in [0.05, 0.1) is 7.11 Å². The number of benzene rings is 1. The Balaban J connectivity index is 1.85. The van der Waals surface area contributed by atoms with Crippen molar-refractivity contribution in [1.82, 2.24) is 9.80 Å². The Bertz CT molecular complexity index is 594. The third-order valence-electron chi connectivity index (χ3n) is 3.73. The van der Waals surface area contributed by atoms with Gasteiger partial charge in [0.25, 0.3) is 5.91 Å². The molecular weight excluding hydrogens is 300 g/mol. The molecule has 1 aromatic rings. The molecule has 0 atom stereocenters. The summed E-state index contributed by atoms with van der Waals surface area (Å²) in [7, 11) is 1.46. The number of esters is 1. The van der Waals surface area contributed by atoms with Gasteiger partial charge in [0.2, 0.25) is 5.91 Å². The molecule has 7 nitrogen and oxygen atoms in total. The summed E-state index contributed by atoms with van der Waals surface area (Å²) in [5.74, 6) is -0.464. The summed E-state index contributed by atoms with van der Waals surface area (Å²) in [5, 5.41) is 0. The smallest absolute Gasteiger partial charge is 0.342 e. The lowest BCUT2D eigenvalue weighted by molar-refractivity contribution is -0.140. The number of methoxy groups -OCH3 is 1. The van der Waals surface area contributed by atoms with Crippen molar-refractivity contribution < 1.29 is 23.9 Å². The maximum absolute atomic E-state index is 12.1. The zero-order chi connectivity index (χ0) is 16.8. The number of piperazine rings is 1. The van der Waals surface area contributed by atoms with Crippen LogP contribution in [0.1, 0.15) is 17.3 Å². The van der Waals surface area contributed by atoms with Gasteiger partial charge in [-0.3, -0.25) is 9.59 Å². The highest BCUT2D eigenvalue weighted by molar-refractivity contribution is 5.94. The number of hydrogen-bond donors (Lipinski definition) is 0. The van der Waals surface area contributed by atoms with Crippen LogP contribution in [0.4, 0.5) is 0 Å². The molecule has 0 aromatic heterocycles. The fraction of sp³-hybridized carbons (Fsp3) is 0.438. The minimum absolute atomic E-state index is 0.000278. The highest BCUT2D eigenvalue weighted by Crippen LogP contribution is 2.18. The van der Waals surface area contributed by atoms with Gasteiger partial charge in [-0.25, -0.2) is 4.79 Å². The Hall–Kier alpha value is -2.57. The van der Waals surface area contributed by atoms with Crippen LogP contribution in [0.3, 0.4) is 0 Å². The molecule has 1 aliphatic heterocycles. The maximum Gasteiger partial charge on any atom is 0.342 e. The Morgan fingerprint density at radius 2 is 1.65 bits per heavy atom. The summed E-state index contributed by atoms with van der Waals surface area (Å²) >= 11 is 0. The van der Waals surface area contributed by atoms with Gasteiger partial charge in [-0.2, -0.15) is 0 Å². The van der Waals surface area contributed by atoms with Crippen molar-refractivity contribution in [2.24, 2.45) is 0 Å². The molecular formula is C16H20N2O5. The van der Waals surface area contributed by atoms with Gasteiger partial charge < -0.3 is 19.3 Å². The van der Waals surface area contributed by atoms with Crippen LogP contribution in [0.15, 0.2) is 24.3 Å². The first kappa shape index (κ1) is 16.8. The van der Waals surface area contributed by atoms with Crippen molar-refractivity contribution in [3.05, 3.63) is 29.8 Å². The van der Waals surface area contributed by atoms with Crippen molar-refractivity contribution in [2.75, 3.05) is 39.9 Å². The first-order valence-electron chi connectivity index (χ1n) is 7.36. The molecule has 0 aliphatic carbocycles. The topological polar surface area (TPSA) is 76.2 Å². The first-order valence-corrected chi connectivity index (χ1v) is 7.36. The second-order valence-corrected chi connectivity index (χ2v) is 5.16. The molecule has 0 unspecified atom stereocenters. The van der Waals surface area contributed by atoms with Gasteiger partial charge >= 0.3 is 5.97 Å². The van der Waals surface area contributed by atoms with Crippen molar-refractivity contribution in [3.8, 4) is 5.75 Å². The lowest BCUT2D eigenvalue weighted by Crippen LogP contribution is -2.51. The van der Waals surface area contributed by atoms with E-state index < -0.39 is 5.97 Å². The summed E-state index contributed by atoms with van der Waals surface area (Å²) in [5.41, 5.74) is 0.282. The Morgan fingerprint density at radius 3 is 2.26 bits per heavy atom. The summed E-state index contributed by atoms with van der Waals surface area (Å²) in [6.07, 6.45) is 0. The van der Waals surface area contributed by atoms with Gasteiger partial charge in [0, 0.05) is 33.1 Å². The molecule has 0 spiro atoms. The Morgan fingerprint density at radius 1 is 1.04 bits per heavy atom. The molecule has 7 heteroatoms. The predicted octanol–water partition coefficient (Wildman–Crippen LogP) is 0.543. The maximum atomic E-state index is 12.1. The van der Waals surface area contributed by atoms with E-state index in [1.165, 1.54) is 14.0 Å². The molecule has 1 aliphatic rings. The second-order valence-electron chi connectivity index (χ2n) is 5.16. The number of carbonyl (C=O) groups excluding carboxylic acids is 3. The van der Waals surface area contributed by atoms with Crippen LogP contribution in [0.5, 0.6) is 5.75 Å². The molecule has 0 N–H and O–H groups in total. The fourth-order valence-corrected chi connectivity index (χ4v) is 2.38. The molecule has 2 rings (SSSR count). The molecule has 1 saturated heterocycles. The van der Waals surface area contributed by atoms with Gasteiger partial charge in [0.15, 0.2) is 6.61 Å².